The van der Waals surface area contributed by atoms with Crippen LogP contribution in [0.3, 0.4) is 0 Å². The van der Waals surface area contributed by atoms with Crippen molar-refractivity contribution in [1.82, 2.24) is 5.32 Å². The van der Waals surface area contributed by atoms with Gasteiger partial charge in [-0.25, -0.2) is 0 Å². The maximum Gasteiger partial charge on any atom is 0.252 e. The molecule has 0 saturated carbocycles. The third kappa shape index (κ3) is 5.12. The third-order valence-electron chi connectivity index (χ3n) is 2.21. The SMILES string of the molecule is [N-]=[N+]=NCCCCNC(=O)c1cc(Cl)ccc1I. The van der Waals surface area contributed by atoms with Crippen molar-refractivity contribution in [3.63, 3.8) is 0 Å². The molecule has 1 aromatic carbocycles. The van der Waals surface area contributed by atoms with Gasteiger partial charge in [0.25, 0.3) is 5.91 Å². The monoisotopic (exact) mass is 378 g/mol. The minimum absolute atomic E-state index is 0.134. The molecule has 1 aromatic rings. The molecule has 0 heterocycles. The zero-order valence-electron chi connectivity index (χ0n) is 9.57. The van der Waals surface area contributed by atoms with Crippen molar-refractivity contribution in [2.45, 2.75) is 12.8 Å². The second-order valence-corrected chi connectivity index (χ2v) is 5.14. The molecule has 0 saturated heterocycles. The van der Waals surface area contributed by atoms with E-state index in [0.29, 0.717) is 23.7 Å². The molecule has 0 aliphatic rings. The van der Waals surface area contributed by atoms with Crippen LogP contribution >= 0.6 is 34.2 Å². The molecule has 0 bridgehead atoms. The molecule has 0 unspecified atom stereocenters. The highest BCUT2D eigenvalue weighted by atomic mass is 127. The summed E-state index contributed by atoms with van der Waals surface area (Å²) in [7, 11) is 0. The van der Waals surface area contributed by atoms with E-state index in [1.807, 2.05) is 0 Å². The minimum Gasteiger partial charge on any atom is -0.352 e. The van der Waals surface area contributed by atoms with Gasteiger partial charge in [-0.1, -0.05) is 16.7 Å². The normalized spacial score (nSPS) is 9.67. The average Bonchev–Trinajstić information content (AvgIpc) is 2.36. The van der Waals surface area contributed by atoms with Crippen molar-refractivity contribution < 1.29 is 4.79 Å². The van der Waals surface area contributed by atoms with Crippen molar-refractivity contribution in [3.05, 3.63) is 42.8 Å². The Kier molecular flexibility index (Phi) is 6.85. The number of benzene rings is 1. The van der Waals surface area contributed by atoms with Crippen molar-refractivity contribution in [2.24, 2.45) is 5.11 Å². The van der Waals surface area contributed by atoms with Gasteiger partial charge in [-0.05, 0) is 59.2 Å². The van der Waals surface area contributed by atoms with E-state index in [2.05, 4.69) is 37.9 Å². The van der Waals surface area contributed by atoms with E-state index in [-0.39, 0.29) is 5.91 Å². The number of amides is 1. The Hall–Kier alpha value is -0.980. The van der Waals surface area contributed by atoms with E-state index < -0.39 is 0 Å². The van der Waals surface area contributed by atoms with Crippen LogP contribution in [0.1, 0.15) is 23.2 Å². The van der Waals surface area contributed by atoms with Crippen LogP contribution < -0.4 is 5.32 Å². The summed E-state index contributed by atoms with van der Waals surface area (Å²) in [5, 5.41) is 6.77. The molecule has 0 aliphatic carbocycles. The maximum atomic E-state index is 11.9. The molecular formula is C11H12ClIN4O. The largest absolute Gasteiger partial charge is 0.352 e. The van der Waals surface area contributed by atoms with Gasteiger partial charge in [0.05, 0.1) is 5.56 Å². The van der Waals surface area contributed by atoms with E-state index in [4.69, 9.17) is 17.1 Å². The maximum absolute atomic E-state index is 11.9. The molecule has 1 rings (SSSR count). The highest BCUT2D eigenvalue weighted by Crippen LogP contribution is 2.17. The highest BCUT2D eigenvalue weighted by molar-refractivity contribution is 14.1. The summed E-state index contributed by atoms with van der Waals surface area (Å²) in [6.07, 6.45) is 1.54. The van der Waals surface area contributed by atoms with E-state index in [0.717, 1.165) is 16.4 Å². The van der Waals surface area contributed by atoms with Crippen molar-refractivity contribution in [2.75, 3.05) is 13.1 Å². The number of carbonyl (C=O) groups is 1. The number of hydrogen-bond donors (Lipinski definition) is 1. The molecule has 1 N–H and O–H groups in total. The van der Waals surface area contributed by atoms with Crippen molar-refractivity contribution in [1.29, 1.82) is 0 Å². The lowest BCUT2D eigenvalue weighted by molar-refractivity contribution is 0.0952. The van der Waals surface area contributed by atoms with Gasteiger partial charge in [0.15, 0.2) is 0 Å². The first-order valence-corrected chi connectivity index (χ1v) is 6.85. The smallest absolute Gasteiger partial charge is 0.252 e. The fraction of sp³-hybridized carbons (Fsp3) is 0.364. The summed E-state index contributed by atoms with van der Waals surface area (Å²) < 4.78 is 0.864. The van der Waals surface area contributed by atoms with Crippen LogP contribution in [0.25, 0.3) is 10.4 Å². The summed E-state index contributed by atoms with van der Waals surface area (Å²) >= 11 is 7.95. The molecule has 96 valence electrons. The summed E-state index contributed by atoms with van der Waals surface area (Å²) in [6, 6.07) is 5.21. The van der Waals surface area contributed by atoms with Gasteiger partial charge in [-0.2, -0.15) is 0 Å². The van der Waals surface area contributed by atoms with E-state index in [9.17, 15) is 4.79 Å². The second-order valence-electron chi connectivity index (χ2n) is 3.54. The standard InChI is InChI=1S/C11H12ClIN4O/c12-8-3-4-10(13)9(7-8)11(18)15-5-1-2-6-16-17-14/h3-4,7H,1-2,5-6H2,(H,15,18). The molecule has 0 aliphatic heterocycles. The first-order chi connectivity index (χ1) is 8.65. The molecule has 1 amide bonds. The van der Waals surface area contributed by atoms with Gasteiger partial charge in [0.2, 0.25) is 0 Å². The Morgan fingerprint density at radius 2 is 2.28 bits per heavy atom. The number of halogens is 2. The van der Waals surface area contributed by atoms with Gasteiger partial charge < -0.3 is 5.32 Å². The second kappa shape index (κ2) is 8.18. The molecule has 5 nitrogen and oxygen atoms in total. The number of nitrogens with zero attached hydrogens (tertiary/aromatic N) is 3. The summed E-state index contributed by atoms with van der Waals surface area (Å²) in [5.74, 6) is -0.134. The number of nitrogens with one attached hydrogen (secondary N) is 1. The lowest BCUT2D eigenvalue weighted by Gasteiger charge is -2.06. The van der Waals surface area contributed by atoms with Crippen LogP contribution in [0, 0.1) is 3.57 Å². The van der Waals surface area contributed by atoms with Crippen LogP contribution in [0.15, 0.2) is 23.3 Å². The predicted octanol–water partition coefficient (Wildman–Crippen LogP) is 3.76. The Morgan fingerprint density at radius 1 is 1.50 bits per heavy atom. The average molecular weight is 379 g/mol. The van der Waals surface area contributed by atoms with Crippen LogP contribution in [0.4, 0.5) is 0 Å². The fourth-order valence-corrected chi connectivity index (χ4v) is 2.07. The van der Waals surface area contributed by atoms with Crippen LogP contribution in [-0.4, -0.2) is 19.0 Å². The Labute approximate surface area is 124 Å². The molecule has 7 heteroatoms. The quantitative estimate of drug-likeness (QED) is 0.264. The number of hydrogen-bond acceptors (Lipinski definition) is 2. The van der Waals surface area contributed by atoms with E-state index >= 15 is 0 Å². The lowest BCUT2D eigenvalue weighted by atomic mass is 10.2. The van der Waals surface area contributed by atoms with Gasteiger partial charge >= 0.3 is 0 Å². The predicted molar refractivity (Wildman–Crippen MR) is 79.7 cm³/mol. The first kappa shape index (κ1) is 15.1. The van der Waals surface area contributed by atoms with Gasteiger partial charge in [-0.3, -0.25) is 4.79 Å². The molecule has 0 spiro atoms. The van der Waals surface area contributed by atoms with Crippen LogP contribution in [0.2, 0.25) is 5.02 Å². The van der Waals surface area contributed by atoms with Crippen molar-refractivity contribution >= 4 is 40.1 Å². The summed E-state index contributed by atoms with van der Waals surface area (Å²) in [5.41, 5.74) is 8.67. The Bertz CT molecular complexity index is 474. The molecule has 0 fully saturated rings. The van der Waals surface area contributed by atoms with Gasteiger partial charge in [0.1, 0.15) is 0 Å². The van der Waals surface area contributed by atoms with Gasteiger partial charge in [-0.15, -0.1) is 0 Å². The molecule has 0 radical (unpaired) electrons. The Balaban J connectivity index is 2.41. The Morgan fingerprint density at radius 3 is 3.00 bits per heavy atom. The number of carbonyl (C=O) groups excluding carboxylic acids is 1. The lowest BCUT2D eigenvalue weighted by Crippen LogP contribution is -2.25. The number of azide groups is 1. The van der Waals surface area contributed by atoms with E-state index in [1.54, 1.807) is 18.2 Å². The molecule has 18 heavy (non-hydrogen) atoms. The first-order valence-electron chi connectivity index (χ1n) is 5.39. The fourth-order valence-electron chi connectivity index (χ4n) is 1.32. The molecule has 0 atom stereocenters. The zero-order chi connectivity index (χ0) is 13.4. The van der Waals surface area contributed by atoms with E-state index in [1.165, 1.54) is 0 Å². The topological polar surface area (TPSA) is 77.9 Å². The number of rotatable bonds is 6. The number of unbranched alkanes of at least 4 members (excludes halogenated alkanes) is 1. The van der Waals surface area contributed by atoms with Crippen LogP contribution in [0.5, 0.6) is 0 Å². The summed E-state index contributed by atoms with van der Waals surface area (Å²) in [6.45, 7) is 1.02. The van der Waals surface area contributed by atoms with Gasteiger partial charge in [0, 0.05) is 26.6 Å². The third-order valence-corrected chi connectivity index (χ3v) is 3.38. The highest BCUT2D eigenvalue weighted by Gasteiger charge is 2.09. The van der Waals surface area contributed by atoms with Crippen molar-refractivity contribution in [3.8, 4) is 0 Å². The summed E-state index contributed by atoms with van der Waals surface area (Å²) in [4.78, 5) is 14.5. The van der Waals surface area contributed by atoms with Crippen LogP contribution in [-0.2, 0) is 0 Å². The molecule has 0 aromatic heterocycles. The zero-order valence-corrected chi connectivity index (χ0v) is 12.5. The minimum atomic E-state index is -0.134. The molecular weight excluding hydrogens is 367 g/mol.